The average Bonchev–Trinajstić information content (AvgIpc) is 2.52. The van der Waals surface area contributed by atoms with Crippen molar-refractivity contribution in [3.63, 3.8) is 0 Å². The number of hydrogen-bond acceptors (Lipinski definition) is 1. The standard InChI is InChI=1S/C19H34NO.ClH/c1-2-3-4-5-6-9-14-19-15-10-12-17-20(19)16-11-7-8-13-18-21;/h10,12,15,17,21H,2-9,11,13-14,16,18H2,1H3;1H/q+1;/p-1. The maximum Gasteiger partial charge on any atom is 0.181 e. The highest BCUT2D eigenvalue weighted by Gasteiger charge is 2.08. The van der Waals surface area contributed by atoms with Crippen molar-refractivity contribution in [2.24, 2.45) is 0 Å². The molecular formula is C19H34ClNO. The molecule has 0 aliphatic rings. The van der Waals surface area contributed by atoms with Crippen molar-refractivity contribution in [2.45, 2.75) is 84.1 Å². The van der Waals surface area contributed by atoms with Crippen LogP contribution in [0.25, 0.3) is 0 Å². The van der Waals surface area contributed by atoms with E-state index in [1.165, 1.54) is 63.5 Å². The van der Waals surface area contributed by atoms with Gasteiger partial charge >= 0.3 is 0 Å². The highest BCUT2D eigenvalue weighted by molar-refractivity contribution is 4.97. The summed E-state index contributed by atoms with van der Waals surface area (Å²) in [5.41, 5.74) is 1.48. The molecule has 1 N–H and O–H groups in total. The zero-order chi connectivity index (χ0) is 15.2. The van der Waals surface area contributed by atoms with Gasteiger partial charge in [-0.1, -0.05) is 51.5 Å². The van der Waals surface area contributed by atoms with Crippen molar-refractivity contribution in [2.75, 3.05) is 6.61 Å². The average molecular weight is 328 g/mol. The third kappa shape index (κ3) is 10.2. The molecule has 0 bridgehead atoms. The molecule has 2 nitrogen and oxygen atoms in total. The Labute approximate surface area is 143 Å². The summed E-state index contributed by atoms with van der Waals surface area (Å²) in [5.74, 6) is 0. The molecule has 0 saturated carbocycles. The number of hydrogen-bond donors (Lipinski definition) is 1. The number of rotatable bonds is 13. The van der Waals surface area contributed by atoms with Crippen LogP contribution < -0.4 is 17.0 Å². The first kappa shape index (κ1) is 21.4. The first-order chi connectivity index (χ1) is 10.4. The molecule has 0 aliphatic carbocycles. The normalized spacial score (nSPS) is 10.5. The highest BCUT2D eigenvalue weighted by Crippen LogP contribution is 2.08. The maximum absolute atomic E-state index is 8.80. The Morgan fingerprint density at radius 3 is 2.32 bits per heavy atom. The fourth-order valence-corrected chi connectivity index (χ4v) is 2.79. The smallest absolute Gasteiger partial charge is 0.181 e. The number of aliphatic hydroxyl groups is 1. The summed E-state index contributed by atoms with van der Waals surface area (Å²) in [6.07, 6.45) is 16.2. The molecule has 0 aliphatic heterocycles. The van der Waals surface area contributed by atoms with E-state index in [1.807, 2.05) is 0 Å². The minimum Gasteiger partial charge on any atom is -1.00 e. The molecule has 0 amide bonds. The van der Waals surface area contributed by atoms with E-state index in [0.717, 1.165) is 19.4 Å². The van der Waals surface area contributed by atoms with E-state index in [0.29, 0.717) is 6.61 Å². The van der Waals surface area contributed by atoms with Gasteiger partial charge in [-0.2, -0.15) is 0 Å². The zero-order valence-corrected chi connectivity index (χ0v) is 15.0. The van der Waals surface area contributed by atoms with Crippen LogP contribution in [0.3, 0.4) is 0 Å². The van der Waals surface area contributed by atoms with E-state index in [1.54, 1.807) is 0 Å². The molecule has 1 rings (SSSR count). The number of nitrogens with zero attached hydrogens (tertiary/aromatic N) is 1. The second kappa shape index (κ2) is 15.3. The molecule has 0 fully saturated rings. The Morgan fingerprint density at radius 1 is 0.864 bits per heavy atom. The van der Waals surface area contributed by atoms with Gasteiger partial charge in [-0.25, -0.2) is 4.57 Å². The van der Waals surface area contributed by atoms with Crippen LogP contribution in [0.1, 0.15) is 76.8 Å². The molecule has 1 aromatic heterocycles. The maximum atomic E-state index is 8.80. The number of pyridine rings is 1. The predicted molar refractivity (Wildman–Crippen MR) is 89.3 cm³/mol. The molecule has 0 spiro atoms. The number of halogens is 1. The molecular weight excluding hydrogens is 294 g/mol. The van der Waals surface area contributed by atoms with E-state index >= 15 is 0 Å². The van der Waals surface area contributed by atoms with E-state index < -0.39 is 0 Å². The van der Waals surface area contributed by atoms with E-state index in [2.05, 4.69) is 35.9 Å². The Hall–Kier alpha value is -0.600. The molecule has 22 heavy (non-hydrogen) atoms. The summed E-state index contributed by atoms with van der Waals surface area (Å²) in [6.45, 7) is 3.73. The summed E-state index contributed by atoms with van der Waals surface area (Å²) in [4.78, 5) is 0. The van der Waals surface area contributed by atoms with Crippen LogP contribution >= 0.6 is 0 Å². The quantitative estimate of drug-likeness (QED) is 0.430. The van der Waals surface area contributed by atoms with Crippen LogP contribution in [0.2, 0.25) is 0 Å². The molecule has 3 heteroatoms. The van der Waals surface area contributed by atoms with E-state index in [9.17, 15) is 0 Å². The number of aromatic nitrogens is 1. The van der Waals surface area contributed by atoms with Crippen molar-refractivity contribution in [3.05, 3.63) is 30.1 Å². The van der Waals surface area contributed by atoms with Crippen molar-refractivity contribution in [1.29, 1.82) is 0 Å². The van der Waals surface area contributed by atoms with Gasteiger partial charge in [0, 0.05) is 31.6 Å². The lowest BCUT2D eigenvalue weighted by molar-refractivity contribution is -0.704. The molecule has 0 saturated heterocycles. The first-order valence-corrected chi connectivity index (χ1v) is 8.96. The largest absolute Gasteiger partial charge is 1.00 e. The van der Waals surface area contributed by atoms with E-state index in [-0.39, 0.29) is 12.4 Å². The van der Waals surface area contributed by atoms with Crippen LogP contribution in [-0.2, 0) is 13.0 Å². The Bertz CT molecular complexity index is 357. The van der Waals surface area contributed by atoms with Gasteiger partial charge in [0.05, 0.1) is 0 Å². The van der Waals surface area contributed by atoms with Crippen LogP contribution in [0.5, 0.6) is 0 Å². The van der Waals surface area contributed by atoms with Crippen molar-refractivity contribution in [3.8, 4) is 0 Å². The monoisotopic (exact) mass is 327 g/mol. The first-order valence-electron chi connectivity index (χ1n) is 8.96. The van der Waals surface area contributed by atoms with Crippen LogP contribution in [0.4, 0.5) is 0 Å². The predicted octanol–water partition coefficient (Wildman–Crippen LogP) is 1.43. The number of aryl methyl sites for hydroxylation is 2. The van der Waals surface area contributed by atoms with E-state index in [4.69, 9.17) is 5.11 Å². The Kier molecular flexibility index (Phi) is 14.9. The lowest BCUT2D eigenvalue weighted by Crippen LogP contribution is -3.00. The fourth-order valence-electron chi connectivity index (χ4n) is 2.79. The van der Waals surface area contributed by atoms with Gasteiger partial charge in [-0.15, -0.1) is 0 Å². The van der Waals surface area contributed by atoms with Gasteiger partial charge in [0.25, 0.3) is 0 Å². The van der Waals surface area contributed by atoms with Crippen LogP contribution in [-0.4, -0.2) is 11.7 Å². The summed E-state index contributed by atoms with van der Waals surface area (Å²) < 4.78 is 2.42. The lowest BCUT2D eigenvalue weighted by atomic mass is 10.1. The molecule has 0 aromatic carbocycles. The van der Waals surface area contributed by atoms with Crippen molar-refractivity contribution in [1.82, 2.24) is 0 Å². The Balaban J connectivity index is 0.00000441. The van der Waals surface area contributed by atoms with Gasteiger partial charge in [0.2, 0.25) is 0 Å². The number of unbranched alkanes of at least 4 members (excludes halogenated alkanes) is 8. The highest BCUT2D eigenvalue weighted by atomic mass is 35.5. The minimum atomic E-state index is 0. The van der Waals surface area contributed by atoms with Crippen LogP contribution in [0, 0.1) is 0 Å². The molecule has 1 aromatic rings. The Morgan fingerprint density at radius 2 is 1.55 bits per heavy atom. The molecule has 0 radical (unpaired) electrons. The lowest BCUT2D eigenvalue weighted by Gasteiger charge is -2.04. The van der Waals surface area contributed by atoms with Crippen LogP contribution in [0.15, 0.2) is 24.4 Å². The molecule has 128 valence electrons. The molecule has 0 atom stereocenters. The summed E-state index contributed by atoms with van der Waals surface area (Å²) in [5, 5.41) is 8.80. The van der Waals surface area contributed by atoms with Gasteiger partial charge in [0.15, 0.2) is 11.9 Å². The van der Waals surface area contributed by atoms with Gasteiger partial charge in [-0.05, 0) is 19.3 Å². The third-order valence-corrected chi connectivity index (χ3v) is 4.13. The third-order valence-electron chi connectivity index (χ3n) is 4.13. The summed E-state index contributed by atoms with van der Waals surface area (Å²) >= 11 is 0. The fraction of sp³-hybridized carbons (Fsp3) is 0.737. The topological polar surface area (TPSA) is 24.1 Å². The van der Waals surface area contributed by atoms with Crippen molar-refractivity contribution >= 4 is 0 Å². The van der Waals surface area contributed by atoms with Gasteiger partial charge in [0.1, 0.15) is 6.54 Å². The summed E-state index contributed by atoms with van der Waals surface area (Å²) in [7, 11) is 0. The second-order valence-electron chi connectivity index (χ2n) is 6.04. The molecule has 1 heterocycles. The number of aliphatic hydroxyl groups excluding tert-OH is 1. The second-order valence-corrected chi connectivity index (χ2v) is 6.04. The minimum absolute atomic E-state index is 0. The van der Waals surface area contributed by atoms with Gasteiger partial charge < -0.3 is 17.5 Å². The SMILES string of the molecule is CCCCCCCCc1cccc[n+]1CCCCCCO.[Cl-]. The summed E-state index contributed by atoms with van der Waals surface area (Å²) in [6, 6.07) is 6.58. The van der Waals surface area contributed by atoms with Gasteiger partial charge in [-0.3, -0.25) is 0 Å². The zero-order valence-electron chi connectivity index (χ0n) is 14.3. The molecule has 0 unspecified atom stereocenters. The van der Waals surface area contributed by atoms with Crippen molar-refractivity contribution < 1.29 is 22.1 Å².